The van der Waals surface area contributed by atoms with Crippen LogP contribution in [0.1, 0.15) is 41.1 Å². The van der Waals surface area contributed by atoms with Crippen LogP contribution in [0.25, 0.3) is 6.08 Å². The predicted molar refractivity (Wildman–Crippen MR) is 79.6 cm³/mol. The van der Waals surface area contributed by atoms with Crippen LogP contribution in [-0.4, -0.2) is 5.78 Å². The quantitative estimate of drug-likeness (QED) is 0.479. The number of nitrogens with zero attached hydrogens (tertiary/aromatic N) is 1. The van der Waals surface area contributed by atoms with Crippen LogP contribution in [0.5, 0.6) is 0 Å². The first-order valence-electron chi connectivity index (χ1n) is 7.11. The molecule has 2 aromatic rings. The molecule has 0 aliphatic heterocycles. The molecule has 1 saturated carbocycles. The topological polar surface area (TPSA) is 54.0 Å². The third-order valence-electron chi connectivity index (χ3n) is 3.89. The Bertz CT molecular complexity index is 797. The maximum atomic E-state index is 13.7. The van der Waals surface area contributed by atoms with Crippen LogP contribution in [0, 0.1) is 23.1 Å². The van der Waals surface area contributed by atoms with E-state index < -0.39 is 11.6 Å². The monoisotopic (exact) mass is 295 g/mol. The number of carbonyl (C=O) groups is 1. The lowest BCUT2D eigenvalue weighted by atomic mass is 10.0. The van der Waals surface area contributed by atoms with Crippen LogP contribution < -0.4 is 0 Å². The molecule has 1 aromatic carbocycles. The summed E-state index contributed by atoms with van der Waals surface area (Å²) in [6.45, 7) is 2.14. The number of furan rings is 1. The molecular weight excluding hydrogens is 281 g/mol. The summed E-state index contributed by atoms with van der Waals surface area (Å²) in [6.07, 6.45) is 2.46. The molecule has 0 saturated heterocycles. The Hall–Kier alpha value is -2.67. The Morgan fingerprint density at radius 1 is 1.36 bits per heavy atom. The van der Waals surface area contributed by atoms with Crippen LogP contribution >= 0.6 is 0 Å². The molecule has 1 fully saturated rings. The lowest BCUT2D eigenvalue weighted by Crippen LogP contribution is -2.04. The minimum atomic E-state index is -0.640. The summed E-state index contributed by atoms with van der Waals surface area (Å²) < 4.78 is 19.3. The predicted octanol–water partition coefficient (Wildman–Crippen LogP) is 4.33. The molecule has 0 radical (unpaired) electrons. The number of benzene rings is 1. The Morgan fingerprint density at radius 2 is 2.09 bits per heavy atom. The van der Waals surface area contributed by atoms with Gasteiger partial charge in [0.15, 0.2) is 0 Å². The van der Waals surface area contributed by atoms with Crippen molar-refractivity contribution in [3.05, 3.63) is 64.9 Å². The Kier molecular flexibility index (Phi) is 3.64. The number of rotatable bonds is 4. The van der Waals surface area contributed by atoms with Crippen LogP contribution in [0.2, 0.25) is 0 Å². The first-order chi connectivity index (χ1) is 10.6. The highest BCUT2D eigenvalue weighted by molar-refractivity contribution is 6.14. The molecule has 1 aliphatic carbocycles. The van der Waals surface area contributed by atoms with Gasteiger partial charge in [-0.3, -0.25) is 4.79 Å². The van der Waals surface area contributed by atoms with Gasteiger partial charge in [0.1, 0.15) is 29.0 Å². The van der Waals surface area contributed by atoms with Crippen molar-refractivity contribution >= 4 is 11.9 Å². The molecule has 1 heterocycles. The van der Waals surface area contributed by atoms with E-state index in [1.807, 2.05) is 12.1 Å². The van der Waals surface area contributed by atoms with Gasteiger partial charge < -0.3 is 4.42 Å². The van der Waals surface area contributed by atoms with Crippen molar-refractivity contribution in [1.82, 2.24) is 0 Å². The molecule has 2 atom stereocenters. The molecule has 1 aromatic heterocycles. The molecule has 0 bridgehead atoms. The van der Waals surface area contributed by atoms with Gasteiger partial charge in [-0.1, -0.05) is 19.1 Å². The molecule has 22 heavy (non-hydrogen) atoms. The largest absolute Gasteiger partial charge is 0.461 e. The maximum absolute atomic E-state index is 13.7. The highest BCUT2D eigenvalue weighted by Gasteiger charge is 2.36. The Labute approximate surface area is 127 Å². The van der Waals surface area contributed by atoms with Gasteiger partial charge in [-0.05, 0) is 36.6 Å². The van der Waals surface area contributed by atoms with Crippen molar-refractivity contribution < 1.29 is 13.6 Å². The van der Waals surface area contributed by atoms with Gasteiger partial charge in [0.25, 0.3) is 0 Å². The smallest absolute Gasteiger partial charge is 0.206 e. The molecule has 3 rings (SSSR count). The zero-order chi connectivity index (χ0) is 15.7. The zero-order valence-corrected chi connectivity index (χ0v) is 12.0. The summed E-state index contributed by atoms with van der Waals surface area (Å²) in [6, 6.07) is 11.0. The molecular formula is C18H14FNO2. The fraction of sp³-hybridized carbons (Fsp3) is 0.222. The van der Waals surface area contributed by atoms with Gasteiger partial charge in [-0.25, -0.2) is 4.39 Å². The van der Waals surface area contributed by atoms with Gasteiger partial charge >= 0.3 is 0 Å². The number of hydrogen-bond donors (Lipinski definition) is 0. The number of carbonyl (C=O) groups excluding carboxylic acids is 1. The van der Waals surface area contributed by atoms with Crippen LogP contribution in [0.4, 0.5) is 4.39 Å². The number of hydrogen-bond acceptors (Lipinski definition) is 3. The summed E-state index contributed by atoms with van der Waals surface area (Å²) in [5.41, 5.74) is -0.257. The zero-order valence-electron chi connectivity index (χ0n) is 12.0. The second-order valence-electron chi connectivity index (χ2n) is 5.54. The van der Waals surface area contributed by atoms with Crippen molar-refractivity contribution in [3.8, 4) is 6.07 Å². The van der Waals surface area contributed by atoms with E-state index in [4.69, 9.17) is 4.42 Å². The molecule has 1 aliphatic rings. The summed E-state index contributed by atoms with van der Waals surface area (Å²) in [4.78, 5) is 12.2. The van der Waals surface area contributed by atoms with Crippen molar-refractivity contribution in [2.45, 2.75) is 19.3 Å². The van der Waals surface area contributed by atoms with Crippen molar-refractivity contribution in [1.29, 1.82) is 5.26 Å². The third-order valence-corrected chi connectivity index (χ3v) is 3.89. The minimum absolute atomic E-state index is 0.113. The number of allylic oxidation sites excluding steroid dienone is 1. The Morgan fingerprint density at radius 3 is 2.73 bits per heavy atom. The summed E-state index contributed by atoms with van der Waals surface area (Å²) in [5.74, 6) is 1.07. The lowest BCUT2D eigenvalue weighted by Gasteiger charge is -2.00. The Balaban J connectivity index is 1.87. The summed E-state index contributed by atoms with van der Waals surface area (Å²) in [5, 5.41) is 9.18. The average molecular weight is 295 g/mol. The lowest BCUT2D eigenvalue weighted by molar-refractivity contribution is 0.103. The molecule has 3 nitrogen and oxygen atoms in total. The highest BCUT2D eigenvalue weighted by atomic mass is 19.1. The number of Topliss-reactive ketones (excluding diaryl/α,β-unsaturated/α-hetero) is 1. The molecule has 0 unspecified atom stereocenters. The van der Waals surface area contributed by atoms with E-state index in [2.05, 4.69) is 6.92 Å². The number of ketones is 1. The van der Waals surface area contributed by atoms with Crippen molar-refractivity contribution in [2.24, 2.45) is 5.92 Å². The maximum Gasteiger partial charge on any atom is 0.206 e. The molecule has 0 N–H and O–H groups in total. The standard InChI is InChI=1S/C18H14FNO2/c1-11-8-15(11)17-7-6-13(22-17)9-12(10-20)18(21)14-4-2-3-5-16(14)19/h2-7,9,11,15H,8H2,1H3/b12-9+/t11-,15-/m0/s1. The fourth-order valence-electron chi connectivity index (χ4n) is 2.45. The van der Waals surface area contributed by atoms with Crippen LogP contribution in [-0.2, 0) is 0 Å². The van der Waals surface area contributed by atoms with Crippen LogP contribution in [0.3, 0.4) is 0 Å². The first-order valence-corrected chi connectivity index (χ1v) is 7.11. The van der Waals surface area contributed by atoms with Gasteiger partial charge in [0.2, 0.25) is 5.78 Å². The van der Waals surface area contributed by atoms with Crippen molar-refractivity contribution in [2.75, 3.05) is 0 Å². The SMILES string of the molecule is C[C@H]1C[C@@H]1c1ccc(/C=C(\C#N)C(=O)c2ccccc2F)o1. The summed E-state index contributed by atoms with van der Waals surface area (Å²) in [7, 11) is 0. The second-order valence-corrected chi connectivity index (χ2v) is 5.54. The van der Waals surface area contributed by atoms with Gasteiger partial charge in [-0.2, -0.15) is 5.26 Å². The second kappa shape index (κ2) is 5.61. The van der Waals surface area contributed by atoms with E-state index in [0.29, 0.717) is 17.6 Å². The van der Waals surface area contributed by atoms with E-state index in [9.17, 15) is 14.4 Å². The third kappa shape index (κ3) is 2.71. The van der Waals surface area contributed by atoms with Gasteiger partial charge in [-0.15, -0.1) is 0 Å². The number of halogens is 1. The van der Waals surface area contributed by atoms with E-state index in [1.165, 1.54) is 24.3 Å². The average Bonchev–Trinajstić information content (AvgIpc) is 3.07. The molecule has 110 valence electrons. The fourth-order valence-corrected chi connectivity index (χ4v) is 2.45. The van der Waals surface area contributed by atoms with E-state index in [-0.39, 0.29) is 11.1 Å². The number of nitriles is 1. The van der Waals surface area contributed by atoms with Crippen molar-refractivity contribution in [3.63, 3.8) is 0 Å². The highest BCUT2D eigenvalue weighted by Crippen LogP contribution is 2.47. The van der Waals surface area contributed by atoms with Gasteiger partial charge in [0, 0.05) is 12.0 Å². The van der Waals surface area contributed by atoms with E-state index >= 15 is 0 Å². The van der Waals surface area contributed by atoms with Gasteiger partial charge in [0.05, 0.1) is 5.56 Å². The molecule has 0 spiro atoms. The normalized spacial score (nSPS) is 20.5. The van der Waals surface area contributed by atoms with E-state index in [1.54, 1.807) is 12.1 Å². The minimum Gasteiger partial charge on any atom is -0.461 e. The van der Waals surface area contributed by atoms with E-state index in [0.717, 1.165) is 12.2 Å². The summed E-state index contributed by atoms with van der Waals surface area (Å²) >= 11 is 0. The first kappa shape index (κ1) is 14.3. The molecule has 4 heteroatoms. The van der Waals surface area contributed by atoms with Crippen LogP contribution in [0.15, 0.2) is 46.4 Å². The molecule has 0 amide bonds.